The lowest BCUT2D eigenvalue weighted by atomic mass is 9.81. The van der Waals surface area contributed by atoms with Crippen molar-refractivity contribution in [1.29, 1.82) is 0 Å². The summed E-state index contributed by atoms with van der Waals surface area (Å²) in [4.78, 5) is 18.5. The van der Waals surface area contributed by atoms with Crippen LogP contribution in [0.5, 0.6) is 0 Å². The minimum atomic E-state index is 0.0522. The van der Waals surface area contributed by atoms with Gasteiger partial charge in [0.05, 0.1) is 0 Å². The number of carbonyl (C=O) groups excluding carboxylic acids is 1. The topological polar surface area (TPSA) is 115 Å². The Labute approximate surface area is 162 Å². The van der Waals surface area contributed by atoms with Crippen LogP contribution in [-0.4, -0.2) is 5.78 Å². The van der Waals surface area contributed by atoms with E-state index in [1.807, 2.05) is 36.4 Å². The molecule has 0 aromatic heterocycles. The Kier molecular flexibility index (Phi) is 5.92. The molecule has 0 bridgehead atoms. The maximum atomic E-state index is 12.9. The molecule has 28 heavy (non-hydrogen) atoms. The lowest BCUT2D eigenvalue weighted by molar-refractivity contribution is -0.113. The van der Waals surface area contributed by atoms with E-state index in [0.717, 1.165) is 35.1 Å². The SMILES string of the molecule is CC1CC(=Cc2ccc(N=[N+]=[N-])cc2)C(=O)C(=Cc2ccc(N=[N+]=[N-])cc2)C1. The molecule has 1 aliphatic carbocycles. The molecule has 0 saturated heterocycles. The highest BCUT2D eigenvalue weighted by molar-refractivity contribution is 6.14. The van der Waals surface area contributed by atoms with E-state index in [1.54, 1.807) is 24.3 Å². The average Bonchev–Trinajstić information content (AvgIpc) is 2.69. The first kappa shape index (κ1) is 19.0. The maximum Gasteiger partial charge on any atom is 0.185 e. The fourth-order valence-corrected chi connectivity index (χ4v) is 3.24. The average molecular weight is 370 g/mol. The summed E-state index contributed by atoms with van der Waals surface area (Å²) in [6.45, 7) is 2.13. The third kappa shape index (κ3) is 4.68. The Morgan fingerprint density at radius 1 is 0.821 bits per heavy atom. The van der Waals surface area contributed by atoms with E-state index < -0.39 is 0 Å². The minimum absolute atomic E-state index is 0.0522. The van der Waals surface area contributed by atoms with Gasteiger partial charge in [-0.25, -0.2) is 0 Å². The van der Waals surface area contributed by atoms with Crippen LogP contribution in [-0.2, 0) is 4.79 Å². The lowest BCUT2D eigenvalue weighted by Gasteiger charge is -2.22. The number of rotatable bonds is 4. The molecule has 7 nitrogen and oxygen atoms in total. The number of Topliss-reactive ketones (excluding diaryl/α,β-unsaturated/α-hetero) is 1. The first-order valence-corrected chi connectivity index (χ1v) is 8.85. The Bertz CT molecular complexity index is 954. The largest absolute Gasteiger partial charge is 0.289 e. The van der Waals surface area contributed by atoms with E-state index >= 15 is 0 Å². The van der Waals surface area contributed by atoms with E-state index in [9.17, 15) is 4.79 Å². The van der Waals surface area contributed by atoms with Gasteiger partial charge in [-0.1, -0.05) is 65.7 Å². The summed E-state index contributed by atoms with van der Waals surface area (Å²) in [6, 6.07) is 14.2. The van der Waals surface area contributed by atoms with Crippen molar-refractivity contribution >= 4 is 29.3 Å². The van der Waals surface area contributed by atoms with Gasteiger partial charge in [0, 0.05) is 32.3 Å². The molecule has 7 heteroatoms. The van der Waals surface area contributed by atoms with Crippen molar-refractivity contribution in [3.05, 3.63) is 91.7 Å². The summed E-state index contributed by atoms with van der Waals surface area (Å²) in [5.74, 6) is 0.413. The quantitative estimate of drug-likeness (QED) is 0.244. The Morgan fingerprint density at radius 2 is 1.21 bits per heavy atom. The molecule has 138 valence electrons. The number of ketones is 1. The summed E-state index contributed by atoms with van der Waals surface area (Å²) >= 11 is 0. The summed E-state index contributed by atoms with van der Waals surface area (Å²) < 4.78 is 0. The molecule has 0 aliphatic heterocycles. The van der Waals surface area contributed by atoms with Crippen LogP contribution in [0.1, 0.15) is 30.9 Å². The zero-order valence-corrected chi connectivity index (χ0v) is 15.4. The van der Waals surface area contributed by atoms with Gasteiger partial charge in [-0.15, -0.1) is 0 Å². The monoisotopic (exact) mass is 370 g/mol. The van der Waals surface area contributed by atoms with Gasteiger partial charge in [-0.3, -0.25) is 4.79 Å². The van der Waals surface area contributed by atoms with Crippen LogP contribution in [0.3, 0.4) is 0 Å². The second-order valence-corrected chi connectivity index (χ2v) is 6.74. The highest BCUT2D eigenvalue weighted by Crippen LogP contribution is 2.32. The number of carbonyl (C=O) groups is 1. The summed E-state index contributed by atoms with van der Waals surface area (Å²) in [5.41, 5.74) is 21.4. The van der Waals surface area contributed by atoms with Gasteiger partial charge in [-0.05, 0) is 53.1 Å². The van der Waals surface area contributed by atoms with Crippen molar-refractivity contribution in [3.63, 3.8) is 0 Å². The molecule has 1 fully saturated rings. The summed E-state index contributed by atoms with van der Waals surface area (Å²) in [6.07, 6.45) is 5.25. The number of hydrogen-bond donors (Lipinski definition) is 0. The number of allylic oxidation sites excluding steroid dienone is 2. The van der Waals surface area contributed by atoms with Crippen molar-refractivity contribution in [1.82, 2.24) is 0 Å². The Balaban J connectivity index is 1.87. The fourth-order valence-electron chi connectivity index (χ4n) is 3.24. The molecule has 0 amide bonds. The van der Waals surface area contributed by atoms with Gasteiger partial charge in [0.25, 0.3) is 0 Å². The van der Waals surface area contributed by atoms with E-state index in [-0.39, 0.29) is 5.78 Å². The Morgan fingerprint density at radius 3 is 1.57 bits per heavy atom. The molecule has 0 N–H and O–H groups in total. The van der Waals surface area contributed by atoms with Gasteiger partial charge in [0.1, 0.15) is 0 Å². The highest BCUT2D eigenvalue weighted by atomic mass is 16.1. The van der Waals surface area contributed by atoms with Crippen LogP contribution in [0.4, 0.5) is 11.4 Å². The first-order chi connectivity index (χ1) is 13.6. The molecule has 0 atom stereocenters. The van der Waals surface area contributed by atoms with Gasteiger partial charge in [-0.2, -0.15) is 0 Å². The van der Waals surface area contributed by atoms with Crippen molar-refractivity contribution < 1.29 is 4.79 Å². The molecule has 1 saturated carbocycles. The summed E-state index contributed by atoms with van der Waals surface area (Å²) in [5, 5.41) is 7.11. The smallest absolute Gasteiger partial charge is 0.185 e. The van der Waals surface area contributed by atoms with E-state index in [2.05, 4.69) is 27.0 Å². The zero-order valence-electron chi connectivity index (χ0n) is 15.4. The van der Waals surface area contributed by atoms with E-state index in [1.165, 1.54) is 0 Å². The van der Waals surface area contributed by atoms with Gasteiger partial charge >= 0.3 is 0 Å². The van der Waals surface area contributed by atoms with Gasteiger partial charge < -0.3 is 0 Å². The molecular weight excluding hydrogens is 352 g/mol. The molecule has 2 aromatic carbocycles. The number of benzene rings is 2. The van der Waals surface area contributed by atoms with Gasteiger partial charge in [0.2, 0.25) is 0 Å². The number of nitrogens with zero attached hydrogens (tertiary/aromatic N) is 6. The third-order valence-corrected chi connectivity index (χ3v) is 4.51. The molecule has 3 rings (SSSR count). The molecule has 0 spiro atoms. The standard InChI is InChI=1S/C21H18N6O/c1-14-10-17(12-15-2-6-19(7-3-15)24-26-22)21(28)18(11-14)13-16-4-8-20(9-5-16)25-27-23/h2-9,12-14H,10-11H2,1H3. The van der Waals surface area contributed by atoms with Crippen molar-refractivity contribution in [2.24, 2.45) is 16.1 Å². The van der Waals surface area contributed by atoms with E-state index in [0.29, 0.717) is 17.3 Å². The number of azide groups is 2. The highest BCUT2D eigenvalue weighted by Gasteiger charge is 2.25. The predicted octanol–water partition coefficient (Wildman–Crippen LogP) is 7.04. The van der Waals surface area contributed by atoms with E-state index in [4.69, 9.17) is 11.1 Å². The minimum Gasteiger partial charge on any atom is -0.289 e. The van der Waals surface area contributed by atoms with Gasteiger partial charge in [0.15, 0.2) is 5.78 Å². The van der Waals surface area contributed by atoms with Crippen LogP contribution in [0, 0.1) is 5.92 Å². The number of hydrogen-bond acceptors (Lipinski definition) is 3. The molecule has 2 aromatic rings. The van der Waals surface area contributed by atoms with Crippen LogP contribution in [0.25, 0.3) is 33.0 Å². The zero-order chi connectivity index (χ0) is 19.9. The lowest BCUT2D eigenvalue weighted by Crippen LogP contribution is -2.18. The van der Waals surface area contributed by atoms with Crippen LogP contribution >= 0.6 is 0 Å². The maximum absolute atomic E-state index is 12.9. The first-order valence-electron chi connectivity index (χ1n) is 8.85. The molecule has 0 radical (unpaired) electrons. The third-order valence-electron chi connectivity index (χ3n) is 4.51. The predicted molar refractivity (Wildman–Crippen MR) is 110 cm³/mol. The summed E-state index contributed by atoms with van der Waals surface area (Å²) in [7, 11) is 0. The molecule has 0 heterocycles. The molecule has 1 aliphatic rings. The Hall–Kier alpha value is -3.79. The second-order valence-electron chi connectivity index (χ2n) is 6.74. The van der Waals surface area contributed by atoms with Crippen LogP contribution in [0.15, 0.2) is 69.9 Å². The van der Waals surface area contributed by atoms with Crippen LogP contribution < -0.4 is 0 Å². The van der Waals surface area contributed by atoms with Crippen molar-refractivity contribution in [3.8, 4) is 0 Å². The normalized spacial score (nSPS) is 19.2. The molecule has 0 unspecified atom stereocenters. The molecular formula is C21H18N6O. The van der Waals surface area contributed by atoms with Crippen LogP contribution in [0.2, 0.25) is 0 Å². The fraction of sp³-hybridized carbons (Fsp3) is 0.190. The second kappa shape index (κ2) is 8.73. The van der Waals surface area contributed by atoms with Crippen molar-refractivity contribution in [2.75, 3.05) is 0 Å². The van der Waals surface area contributed by atoms with Crippen molar-refractivity contribution in [2.45, 2.75) is 19.8 Å².